The van der Waals surface area contributed by atoms with Crippen LogP contribution in [0.1, 0.15) is 26.5 Å². The molecule has 0 saturated heterocycles. The minimum absolute atomic E-state index is 0.0120. The van der Waals surface area contributed by atoms with Gasteiger partial charge in [-0.3, -0.25) is 4.79 Å². The molecule has 0 atom stereocenters. The Labute approximate surface area is 190 Å². The van der Waals surface area contributed by atoms with E-state index in [1.807, 2.05) is 60.7 Å². The molecule has 0 fully saturated rings. The fraction of sp³-hybridized carbons (Fsp3) is 0.115. The third-order valence-corrected chi connectivity index (χ3v) is 4.95. The molecule has 7 heteroatoms. The Hall–Kier alpha value is -4.39. The number of carboxylic acids is 1. The molecule has 0 radical (unpaired) electrons. The quantitative estimate of drug-likeness (QED) is 0.433. The molecule has 166 valence electrons. The van der Waals surface area contributed by atoms with Crippen molar-refractivity contribution in [2.75, 3.05) is 14.1 Å². The van der Waals surface area contributed by atoms with E-state index in [9.17, 15) is 14.7 Å². The smallest absolute Gasteiger partial charge is 0.358 e. The molecule has 4 aromatic rings. The Kier molecular flexibility index (Phi) is 6.22. The number of rotatable bonds is 7. The van der Waals surface area contributed by atoms with Crippen molar-refractivity contribution in [3.05, 3.63) is 95.8 Å². The fourth-order valence-electron chi connectivity index (χ4n) is 3.35. The largest absolute Gasteiger partial charge is 0.486 e. The second-order valence-electron chi connectivity index (χ2n) is 7.54. The van der Waals surface area contributed by atoms with Crippen molar-refractivity contribution in [3.8, 4) is 17.2 Å². The number of amides is 1. The number of para-hydroxylation sites is 1. The number of fused-ring (bicyclic) bond motifs is 1. The van der Waals surface area contributed by atoms with E-state index >= 15 is 0 Å². The van der Waals surface area contributed by atoms with Gasteiger partial charge in [0.15, 0.2) is 11.4 Å². The van der Waals surface area contributed by atoms with Crippen molar-refractivity contribution in [2.24, 2.45) is 0 Å². The number of carboxylic acid groups (broad SMARTS) is 1. The van der Waals surface area contributed by atoms with Crippen LogP contribution in [0.2, 0.25) is 0 Å². The van der Waals surface area contributed by atoms with Gasteiger partial charge in [0.25, 0.3) is 5.91 Å². The second kappa shape index (κ2) is 9.40. The van der Waals surface area contributed by atoms with E-state index in [0.717, 1.165) is 5.56 Å². The van der Waals surface area contributed by atoms with Gasteiger partial charge in [0.05, 0.1) is 0 Å². The Bertz CT molecular complexity index is 1300. The number of aromatic carboxylic acids is 1. The van der Waals surface area contributed by atoms with Crippen LogP contribution in [0, 0.1) is 0 Å². The number of carbonyl (C=O) groups is 2. The minimum Gasteiger partial charge on any atom is -0.486 e. The molecule has 7 nitrogen and oxygen atoms in total. The molecule has 0 spiro atoms. The van der Waals surface area contributed by atoms with Gasteiger partial charge in [-0.25, -0.2) is 9.78 Å². The number of hydrogen-bond acceptors (Lipinski definition) is 5. The molecule has 0 aliphatic rings. The number of nitrogens with zero attached hydrogens (tertiary/aromatic N) is 2. The van der Waals surface area contributed by atoms with Gasteiger partial charge < -0.3 is 19.5 Å². The first-order chi connectivity index (χ1) is 15.9. The summed E-state index contributed by atoms with van der Waals surface area (Å²) in [5, 5.41) is 10.7. The minimum atomic E-state index is -1.28. The lowest BCUT2D eigenvalue weighted by Crippen LogP contribution is -2.24. The molecule has 0 unspecified atom stereocenters. The second-order valence-corrected chi connectivity index (χ2v) is 7.54. The van der Waals surface area contributed by atoms with E-state index in [4.69, 9.17) is 9.47 Å². The number of benzene rings is 3. The molecule has 0 aliphatic carbocycles. The highest BCUT2D eigenvalue weighted by molar-refractivity contribution is 6.10. The van der Waals surface area contributed by atoms with Gasteiger partial charge in [-0.2, -0.15) is 0 Å². The van der Waals surface area contributed by atoms with Gasteiger partial charge in [-0.1, -0.05) is 48.5 Å². The van der Waals surface area contributed by atoms with Gasteiger partial charge in [-0.15, -0.1) is 0 Å². The summed E-state index contributed by atoms with van der Waals surface area (Å²) in [6.07, 6.45) is 0. The van der Waals surface area contributed by atoms with Crippen LogP contribution >= 0.6 is 0 Å². The van der Waals surface area contributed by atoms with Crippen LogP contribution in [-0.2, 0) is 6.61 Å². The Morgan fingerprint density at radius 2 is 1.52 bits per heavy atom. The molecule has 3 aromatic carbocycles. The summed E-state index contributed by atoms with van der Waals surface area (Å²) in [5.41, 5.74) is 0.567. The molecule has 1 N–H and O–H groups in total. The maximum Gasteiger partial charge on any atom is 0.358 e. The Morgan fingerprint density at radius 3 is 2.15 bits per heavy atom. The van der Waals surface area contributed by atoms with Crippen molar-refractivity contribution in [2.45, 2.75) is 6.61 Å². The van der Waals surface area contributed by atoms with Gasteiger partial charge in [-0.05, 0) is 35.9 Å². The number of pyridine rings is 1. The molecule has 0 aliphatic heterocycles. The van der Waals surface area contributed by atoms with E-state index in [-0.39, 0.29) is 23.7 Å². The Balaban J connectivity index is 1.85. The zero-order chi connectivity index (χ0) is 23.4. The first-order valence-electron chi connectivity index (χ1n) is 10.3. The van der Waals surface area contributed by atoms with Crippen LogP contribution in [-0.4, -0.2) is 41.0 Å². The highest BCUT2D eigenvalue weighted by Crippen LogP contribution is 2.35. The summed E-state index contributed by atoms with van der Waals surface area (Å²) in [6.45, 7) is 0.154. The third-order valence-electron chi connectivity index (χ3n) is 4.95. The van der Waals surface area contributed by atoms with Crippen molar-refractivity contribution in [3.63, 3.8) is 0 Å². The molecule has 4 rings (SSSR count). The predicted molar refractivity (Wildman–Crippen MR) is 124 cm³/mol. The molecule has 1 amide bonds. The van der Waals surface area contributed by atoms with Crippen LogP contribution < -0.4 is 9.47 Å². The lowest BCUT2D eigenvalue weighted by atomic mass is 10.1. The maximum absolute atomic E-state index is 12.9. The summed E-state index contributed by atoms with van der Waals surface area (Å²) in [7, 11) is 3.17. The predicted octanol–water partition coefficient (Wildman–Crippen LogP) is 5.01. The van der Waals surface area contributed by atoms with E-state index in [0.29, 0.717) is 22.3 Å². The van der Waals surface area contributed by atoms with Gasteiger partial charge in [0.2, 0.25) is 0 Å². The number of hydrogen-bond donors (Lipinski definition) is 1. The van der Waals surface area contributed by atoms with Crippen LogP contribution in [0.4, 0.5) is 0 Å². The topological polar surface area (TPSA) is 89.0 Å². The lowest BCUT2D eigenvalue weighted by molar-refractivity contribution is 0.0685. The average molecular weight is 442 g/mol. The highest BCUT2D eigenvalue weighted by Gasteiger charge is 2.25. The van der Waals surface area contributed by atoms with Crippen LogP contribution in [0.3, 0.4) is 0 Å². The summed E-state index contributed by atoms with van der Waals surface area (Å²) in [4.78, 5) is 30.5. The zero-order valence-corrected chi connectivity index (χ0v) is 18.2. The maximum atomic E-state index is 12.9. The third kappa shape index (κ3) is 4.77. The molecular formula is C26H22N2O5. The van der Waals surface area contributed by atoms with Crippen molar-refractivity contribution in [1.82, 2.24) is 9.88 Å². The van der Waals surface area contributed by atoms with E-state index in [2.05, 4.69) is 4.98 Å². The van der Waals surface area contributed by atoms with E-state index < -0.39 is 11.9 Å². The molecule has 1 heterocycles. The highest BCUT2D eigenvalue weighted by atomic mass is 16.5. The molecule has 33 heavy (non-hydrogen) atoms. The molecule has 0 saturated carbocycles. The normalized spacial score (nSPS) is 10.6. The monoisotopic (exact) mass is 442 g/mol. The summed E-state index contributed by atoms with van der Waals surface area (Å²) < 4.78 is 11.9. The van der Waals surface area contributed by atoms with Gasteiger partial charge in [0.1, 0.15) is 23.8 Å². The van der Waals surface area contributed by atoms with Gasteiger partial charge >= 0.3 is 5.97 Å². The summed E-state index contributed by atoms with van der Waals surface area (Å²) in [6, 6.07) is 23.7. The van der Waals surface area contributed by atoms with Gasteiger partial charge in [0, 0.05) is 24.9 Å². The Morgan fingerprint density at radius 1 is 0.848 bits per heavy atom. The van der Waals surface area contributed by atoms with Crippen molar-refractivity contribution < 1.29 is 24.2 Å². The van der Waals surface area contributed by atoms with Crippen LogP contribution in [0.15, 0.2) is 78.9 Å². The average Bonchev–Trinajstić information content (AvgIpc) is 2.82. The SMILES string of the molecule is CN(C)C(=O)c1nc(C(=O)O)c(OCc2ccccc2)c2ccc(Oc3ccccc3)cc12. The fourth-order valence-corrected chi connectivity index (χ4v) is 3.35. The van der Waals surface area contributed by atoms with Crippen molar-refractivity contribution in [1.29, 1.82) is 0 Å². The number of ether oxygens (including phenoxy) is 2. The molecule has 1 aromatic heterocycles. The first-order valence-corrected chi connectivity index (χ1v) is 10.3. The molecular weight excluding hydrogens is 420 g/mol. The van der Waals surface area contributed by atoms with Crippen LogP contribution in [0.5, 0.6) is 17.2 Å². The number of aromatic nitrogens is 1. The molecule has 0 bridgehead atoms. The van der Waals surface area contributed by atoms with E-state index in [1.165, 1.54) is 4.90 Å². The zero-order valence-electron chi connectivity index (χ0n) is 18.2. The first kappa shape index (κ1) is 21.8. The summed E-state index contributed by atoms with van der Waals surface area (Å²) >= 11 is 0. The lowest BCUT2D eigenvalue weighted by Gasteiger charge is -2.17. The van der Waals surface area contributed by atoms with E-state index in [1.54, 1.807) is 32.3 Å². The van der Waals surface area contributed by atoms with Crippen molar-refractivity contribution >= 4 is 22.6 Å². The van der Waals surface area contributed by atoms with Crippen LogP contribution in [0.25, 0.3) is 10.8 Å². The summed E-state index contributed by atoms with van der Waals surface area (Å²) in [5.74, 6) is -0.484. The number of carbonyl (C=O) groups excluding carboxylic acids is 1. The standard InChI is InChI=1S/C26H22N2O5/c1-28(2)25(29)22-21-15-19(33-18-11-7-4-8-12-18)13-14-20(21)24(23(27-22)26(30)31)32-16-17-9-5-3-6-10-17/h3-15H,16H2,1-2H3,(H,30,31).